The number of aromatic amines is 1. The number of aryl methyl sites for hydroxylation is 1. The molecule has 4 heteroatoms. The van der Waals surface area contributed by atoms with Gasteiger partial charge in [-0.25, -0.2) is 0 Å². The first kappa shape index (κ1) is 10.7. The number of nitrogens with zero attached hydrogens (tertiary/aromatic N) is 1. The number of nitrogen functional groups attached to an aromatic ring is 1. The summed E-state index contributed by atoms with van der Waals surface area (Å²) in [5.74, 6) is 0.757. The SMILES string of the molecule is Cc1ccc(Oc2nc3ccc(N)cc3[nH]2)cc1. The van der Waals surface area contributed by atoms with Crippen LogP contribution in [-0.2, 0) is 0 Å². The van der Waals surface area contributed by atoms with Gasteiger partial charge in [0, 0.05) is 5.69 Å². The third-order valence-corrected chi connectivity index (χ3v) is 2.72. The lowest BCUT2D eigenvalue weighted by Gasteiger charge is -2.01. The van der Waals surface area contributed by atoms with Crippen LogP contribution in [0.1, 0.15) is 5.56 Å². The van der Waals surface area contributed by atoms with E-state index in [-0.39, 0.29) is 0 Å². The second-order valence-electron chi connectivity index (χ2n) is 4.23. The summed E-state index contributed by atoms with van der Waals surface area (Å²) >= 11 is 0. The van der Waals surface area contributed by atoms with E-state index in [0.717, 1.165) is 16.8 Å². The standard InChI is InChI=1S/C14H13N3O/c1-9-2-5-11(6-3-9)18-14-16-12-7-4-10(15)8-13(12)17-14/h2-8H,15H2,1H3,(H,16,17). The zero-order valence-electron chi connectivity index (χ0n) is 9.97. The number of ether oxygens (including phenoxy) is 1. The summed E-state index contributed by atoms with van der Waals surface area (Å²) in [6, 6.07) is 13.8. The minimum Gasteiger partial charge on any atom is -0.426 e. The number of aromatic nitrogens is 2. The average Bonchev–Trinajstić information content (AvgIpc) is 2.73. The molecule has 3 N–H and O–H groups in total. The summed E-state index contributed by atoms with van der Waals surface area (Å²) in [5, 5.41) is 0. The fourth-order valence-corrected chi connectivity index (χ4v) is 1.77. The maximum atomic E-state index is 5.71. The first-order valence-electron chi connectivity index (χ1n) is 5.70. The molecule has 3 aromatic rings. The molecule has 1 aromatic heterocycles. The lowest BCUT2D eigenvalue weighted by molar-refractivity contribution is 0.449. The van der Waals surface area contributed by atoms with Gasteiger partial charge in [0.15, 0.2) is 0 Å². The van der Waals surface area contributed by atoms with Crippen molar-refractivity contribution in [1.82, 2.24) is 9.97 Å². The second kappa shape index (κ2) is 4.07. The molecule has 0 aliphatic carbocycles. The highest BCUT2D eigenvalue weighted by atomic mass is 16.5. The number of fused-ring (bicyclic) bond motifs is 1. The Morgan fingerprint density at radius 1 is 1.11 bits per heavy atom. The van der Waals surface area contributed by atoms with E-state index in [1.165, 1.54) is 5.56 Å². The number of hydrogen-bond acceptors (Lipinski definition) is 3. The van der Waals surface area contributed by atoms with Gasteiger partial charge in [0.25, 0.3) is 6.01 Å². The van der Waals surface area contributed by atoms with Crippen LogP contribution in [0.15, 0.2) is 42.5 Å². The van der Waals surface area contributed by atoms with Crippen LogP contribution in [0.25, 0.3) is 11.0 Å². The Bertz CT molecular complexity index is 686. The van der Waals surface area contributed by atoms with Crippen molar-refractivity contribution in [2.75, 3.05) is 5.73 Å². The van der Waals surface area contributed by atoms with Gasteiger partial charge in [-0.3, -0.25) is 0 Å². The molecule has 0 spiro atoms. The molecule has 2 aromatic carbocycles. The van der Waals surface area contributed by atoms with E-state index >= 15 is 0 Å². The van der Waals surface area contributed by atoms with E-state index in [4.69, 9.17) is 10.5 Å². The van der Waals surface area contributed by atoms with Crippen LogP contribution in [0, 0.1) is 6.92 Å². The zero-order valence-corrected chi connectivity index (χ0v) is 9.97. The number of hydrogen-bond donors (Lipinski definition) is 2. The third-order valence-electron chi connectivity index (χ3n) is 2.72. The number of imidazole rings is 1. The Balaban J connectivity index is 1.92. The second-order valence-corrected chi connectivity index (χ2v) is 4.23. The number of nitrogens with one attached hydrogen (secondary N) is 1. The topological polar surface area (TPSA) is 63.9 Å². The van der Waals surface area contributed by atoms with Gasteiger partial charge in [-0.2, -0.15) is 4.98 Å². The van der Waals surface area contributed by atoms with Crippen LogP contribution in [0.4, 0.5) is 5.69 Å². The Hall–Kier alpha value is -2.49. The summed E-state index contributed by atoms with van der Waals surface area (Å²) in [6.45, 7) is 2.04. The number of anilines is 1. The van der Waals surface area contributed by atoms with Gasteiger partial charge >= 0.3 is 0 Å². The molecule has 0 radical (unpaired) electrons. The molecule has 0 saturated carbocycles. The molecule has 0 aliphatic rings. The number of benzene rings is 2. The maximum absolute atomic E-state index is 5.71. The van der Waals surface area contributed by atoms with Gasteiger partial charge in [-0.05, 0) is 37.3 Å². The molecule has 3 rings (SSSR count). The van der Waals surface area contributed by atoms with Crippen LogP contribution in [0.2, 0.25) is 0 Å². The molecule has 0 fully saturated rings. The Labute approximate surface area is 104 Å². The van der Waals surface area contributed by atoms with Crippen molar-refractivity contribution in [2.45, 2.75) is 6.92 Å². The van der Waals surface area contributed by atoms with Crippen LogP contribution < -0.4 is 10.5 Å². The van der Waals surface area contributed by atoms with Crippen molar-refractivity contribution in [2.24, 2.45) is 0 Å². The number of H-pyrrole nitrogens is 1. The molecule has 4 nitrogen and oxygen atoms in total. The molecule has 0 amide bonds. The Morgan fingerprint density at radius 2 is 1.89 bits per heavy atom. The van der Waals surface area contributed by atoms with Crippen molar-refractivity contribution in [3.63, 3.8) is 0 Å². The molecule has 18 heavy (non-hydrogen) atoms. The predicted molar refractivity (Wildman–Crippen MR) is 71.8 cm³/mol. The Kier molecular flexibility index (Phi) is 2.41. The van der Waals surface area contributed by atoms with Gasteiger partial charge in [0.05, 0.1) is 11.0 Å². The van der Waals surface area contributed by atoms with Crippen molar-refractivity contribution >= 4 is 16.7 Å². The minimum absolute atomic E-state index is 0.472. The van der Waals surface area contributed by atoms with Crippen molar-refractivity contribution in [3.05, 3.63) is 48.0 Å². The van der Waals surface area contributed by atoms with E-state index in [9.17, 15) is 0 Å². The molecular formula is C14H13N3O. The zero-order chi connectivity index (χ0) is 12.5. The van der Waals surface area contributed by atoms with E-state index < -0.39 is 0 Å². The molecular weight excluding hydrogens is 226 g/mol. The fraction of sp³-hybridized carbons (Fsp3) is 0.0714. The highest BCUT2D eigenvalue weighted by Gasteiger charge is 2.04. The van der Waals surface area contributed by atoms with Crippen molar-refractivity contribution < 1.29 is 4.74 Å². The van der Waals surface area contributed by atoms with Gasteiger partial charge in [0.2, 0.25) is 0 Å². The summed E-state index contributed by atoms with van der Waals surface area (Å²) in [6.07, 6.45) is 0. The van der Waals surface area contributed by atoms with Crippen molar-refractivity contribution in [1.29, 1.82) is 0 Å². The molecule has 1 heterocycles. The molecule has 0 aliphatic heterocycles. The molecule has 0 saturated heterocycles. The average molecular weight is 239 g/mol. The first-order valence-corrected chi connectivity index (χ1v) is 5.70. The summed E-state index contributed by atoms with van der Waals surface area (Å²) in [4.78, 5) is 7.42. The van der Waals surface area contributed by atoms with E-state index in [2.05, 4.69) is 9.97 Å². The summed E-state index contributed by atoms with van der Waals surface area (Å²) < 4.78 is 5.65. The van der Waals surface area contributed by atoms with Gasteiger partial charge in [0.1, 0.15) is 5.75 Å². The quantitative estimate of drug-likeness (QED) is 0.675. The predicted octanol–water partition coefficient (Wildman–Crippen LogP) is 3.25. The van der Waals surface area contributed by atoms with Gasteiger partial charge in [-0.1, -0.05) is 17.7 Å². The van der Waals surface area contributed by atoms with Crippen molar-refractivity contribution in [3.8, 4) is 11.8 Å². The molecule has 90 valence electrons. The first-order chi connectivity index (χ1) is 8.70. The van der Waals surface area contributed by atoms with Gasteiger partial charge in [-0.15, -0.1) is 0 Å². The minimum atomic E-state index is 0.472. The van der Waals surface area contributed by atoms with Crippen LogP contribution in [0.3, 0.4) is 0 Å². The van der Waals surface area contributed by atoms with E-state index in [1.54, 1.807) is 0 Å². The molecule has 0 bridgehead atoms. The lowest BCUT2D eigenvalue weighted by atomic mass is 10.2. The van der Waals surface area contributed by atoms with Gasteiger partial charge < -0.3 is 15.5 Å². The normalized spacial score (nSPS) is 10.7. The lowest BCUT2D eigenvalue weighted by Crippen LogP contribution is -1.85. The largest absolute Gasteiger partial charge is 0.426 e. The highest BCUT2D eigenvalue weighted by molar-refractivity contribution is 5.79. The summed E-state index contributed by atoms with van der Waals surface area (Å²) in [5.41, 5.74) is 9.32. The van der Waals surface area contributed by atoms with Crippen LogP contribution in [0.5, 0.6) is 11.8 Å². The van der Waals surface area contributed by atoms with Crippen LogP contribution in [-0.4, -0.2) is 9.97 Å². The highest BCUT2D eigenvalue weighted by Crippen LogP contribution is 2.23. The third kappa shape index (κ3) is 2.00. The smallest absolute Gasteiger partial charge is 0.300 e. The van der Waals surface area contributed by atoms with Crippen LogP contribution >= 0.6 is 0 Å². The van der Waals surface area contributed by atoms with E-state index in [1.807, 2.05) is 49.4 Å². The molecule has 0 atom stereocenters. The monoisotopic (exact) mass is 239 g/mol. The van der Waals surface area contributed by atoms with E-state index in [0.29, 0.717) is 11.7 Å². The Morgan fingerprint density at radius 3 is 2.67 bits per heavy atom. The number of rotatable bonds is 2. The fourth-order valence-electron chi connectivity index (χ4n) is 1.77. The summed E-state index contributed by atoms with van der Waals surface area (Å²) in [7, 11) is 0. The maximum Gasteiger partial charge on any atom is 0.300 e. The molecule has 0 unspecified atom stereocenters. The number of nitrogens with two attached hydrogens (primary N) is 1.